The average Bonchev–Trinajstić information content (AvgIpc) is 3.54. The average molecular weight is 427 g/mol. The summed E-state index contributed by atoms with van der Waals surface area (Å²) < 4.78 is 5.26. The maximum atomic E-state index is 12.5. The van der Waals surface area contributed by atoms with E-state index in [4.69, 9.17) is 4.52 Å². The first-order chi connectivity index (χ1) is 15.7. The van der Waals surface area contributed by atoms with Crippen LogP contribution in [0.1, 0.15) is 23.3 Å². The van der Waals surface area contributed by atoms with Crippen molar-refractivity contribution in [3.63, 3.8) is 0 Å². The minimum Gasteiger partial charge on any atom is -0.370 e. The standard InChI is InChI=1S/C23H21N7O2/c31-23(20-13-21(32-29-20)16-4-3-9-24-14-16)27-18-7-5-17(6-8-18)26-22-12-19(15-25-28-22)30-10-1-2-11-30/h3-9,12-15H,1-2,10-11H2,(H,26,28)(H,27,31). The molecule has 1 amide bonds. The summed E-state index contributed by atoms with van der Waals surface area (Å²) in [4.78, 5) is 18.9. The minimum absolute atomic E-state index is 0.194. The van der Waals surface area contributed by atoms with Crippen LogP contribution in [0.15, 0.2) is 71.6 Å². The van der Waals surface area contributed by atoms with E-state index in [0.29, 0.717) is 17.3 Å². The number of aromatic nitrogens is 4. The second-order valence-corrected chi connectivity index (χ2v) is 7.47. The van der Waals surface area contributed by atoms with Crippen LogP contribution in [0.2, 0.25) is 0 Å². The van der Waals surface area contributed by atoms with Gasteiger partial charge in [-0.25, -0.2) is 0 Å². The van der Waals surface area contributed by atoms with Gasteiger partial charge >= 0.3 is 0 Å². The van der Waals surface area contributed by atoms with Crippen molar-refractivity contribution in [2.75, 3.05) is 28.6 Å². The number of anilines is 4. The van der Waals surface area contributed by atoms with Gasteiger partial charge in [-0.15, -0.1) is 5.10 Å². The zero-order valence-electron chi connectivity index (χ0n) is 17.2. The lowest BCUT2D eigenvalue weighted by atomic mass is 10.2. The summed E-state index contributed by atoms with van der Waals surface area (Å²) in [6.45, 7) is 2.10. The number of nitrogens with zero attached hydrogens (tertiary/aromatic N) is 5. The van der Waals surface area contributed by atoms with Crippen molar-refractivity contribution in [3.05, 3.63) is 72.8 Å². The number of amides is 1. The van der Waals surface area contributed by atoms with Gasteiger partial charge in [0.15, 0.2) is 17.3 Å². The van der Waals surface area contributed by atoms with E-state index in [2.05, 4.69) is 35.9 Å². The third kappa shape index (κ3) is 4.41. The molecule has 9 heteroatoms. The maximum absolute atomic E-state index is 12.5. The molecule has 1 aliphatic rings. The second-order valence-electron chi connectivity index (χ2n) is 7.47. The van der Waals surface area contributed by atoms with Crippen molar-refractivity contribution in [1.29, 1.82) is 0 Å². The summed E-state index contributed by atoms with van der Waals surface area (Å²) in [7, 11) is 0. The van der Waals surface area contributed by atoms with Crippen molar-refractivity contribution < 1.29 is 9.32 Å². The summed E-state index contributed by atoms with van der Waals surface area (Å²) in [5.74, 6) is 0.811. The van der Waals surface area contributed by atoms with Crippen molar-refractivity contribution in [2.24, 2.45) is 0 Å². The van der Waals surface area contributed by atoms with E-state index < -0.39 is 0 Å². The highest BCUT2D eigenvalue weighted by Gasteiger charge is 2.15. The van der Waals surface area contributed by atoms with Crippen LogP contribution in [0.3, 0.4) is 0 Å². The Morgan fingerprint density at radius 3 is 2.59 bits per heavy atom. The number of carbonyl (C=O) groups excluding carboxylic acids is 1. The van der Waals surface area contributed by atoms with E-state index in [0.717, 1.165) is 30.0 Å². The highest BCUT2D eigenvalue weighted by atomic mass is 16.5. The summed E-state index contributed by atoms with van der Waals surface area (Å²) in [6, 6.07) is 14.6. The molecule has 9 nitrogen and oxygen atoms in total. The molecular weight excluding hydrogens is 406 g/mol. The molecule has 5 rings (SSSR count). The van der Waals surface area contributed by atoms with Crippen LogP contribution < -0.4 is 15.5 Å². The summed E-state index contributed by atoms with van der Waals surface area (Å²) in [5.41, 5.74) is 3.51. The molecule has 2 N–H and O–H groups in total. The lowest BCUT2D eigenvalue weighted by Gasteiger charge is -2.17. The van der Waals surface area contributed by atoms with Gasteiger partial charge in [-0.1, -0.05) is 5.16 Å². The number of pyridine rings is 1. The van der Waals surface area contributed by atoms with Crippen LogP contribution in [0.25, 0.3) is 11.3 Å². The SMILES string of the molecule is O=C(Nc1ccc(Nc2cc(N3CCCC3)cnn2)cc1)c1cc(-c2cccnc2)on1. The van der Waals surface area contributed by atoms with Gasteiger partial charge in [0, 0.05) is 54.6 Å². The van der Waals surface area contributed by atoms with E-state index >= 15 is 0 Å². The number of nitrogens with one attached hydrogen (secondary N) is 2. The molecule has 1 aromatic carbocycles. The fourth-order valence-electron chi connectivity index (χ4n) is 3.57. The molecule has 1 aliphatic heterocycles. The topological polar surface area (TPSA) is 109 Å². The monoisotopic (exact) mass is 427 g/mol. The van der Waals surface area contributed by atoms with Crippen LogP contribution >= 0.6 is 0 Å². The highest BCUT2D eigenvalue weighted by molar-refractivity contribution is 6.03. The quantitative estimate of drug-likeness (QED) is 0.473. The first kappa shape index (κ1) is 19.7. The Morgan fingerprint density at radius 1 is 1.00 bits per heavy atom. The molecule has 3 aromatic heterocycles. The van der Waals surface area contributed by atoms with Gasteiger partial charge in [-0.2, -0.15) is 5.10 Å². The van der Waals surface area contributed by atoms with Crippen LogP contribution in [-0.2, 0) is 0 Å². The minimum atomic E-state index is -0.353. The zero-order valence-corrected chi connectivity index (χ0v) is 17.2. The summed E-state index contributed by atoms with van der Waals surface area (Å²) >= 11 is 0. The van der Waals surface area contributed by atoms with Crippen molar-refractivity contribution in [3.8, 4) is 11.3 Å². The number of benzene rings is 1. The fraction of sp³-hybridized carbons (Fsp3) is 0.174. The molecule has 1 fully saturated rings. The maximum Gasteiger partial charge on any atom is 0.277 e. The first-order valence-electron chi connectivity index (χ1n) is 10.4. The summed E-state index contributed by atoms with van der Waals surface area (Å²) in [6.07, 6.45) is 7.52. The predicted molar refractivity (Wildman–Crippen MR) is 121 cm³/mol. The molecule has 0 aliphatic carbocycles. The van der Waals surface area contributed by atoms with Crippen LogP contribution in [-0.4, -0.2) is 39.3 Å². The lowest BCUT2D eigenvalue weighted by Crippen LogP contribution is -2.18. The number of carbonyl (C=O) groups is 1. The van der Waals surface area contributed by atoms with E-state index in [9.17, 15) is 4.79 Å². The molecule has 0 atom stereocenters. The van der Waals surface area contributed by atoms with Crippen LogP contribution in [0.5, 0.6) is 0 Å². The Hall–Kier alpha value is -4.27. The zero-order chi connectivity index (χ0) is 21.8. The largest absolute Gasteiger partial charge is 0.370 e. The van der Waals surface area contributed by atoms with Gasteiger partial charge in [-0.05, 0) is 49.2 Å². The van der Waals surface area contributed by atoms with E-state index in [-0.39, 0.29) is 11.6 Å². The second kappa shape index (κ2) is 8.84. The van der Waals surface area contributed by atoms with E-state index in [1.807, 2.05) is 24.3 Å². The molecule has 160 valence electrons. The van der Waals surface area contributed by atoms with Crippen LogP contribution in [0, 0.1) is 0 Å². The van der Waals surface area contributed by atoms with Gasteiger partial charge in [0.05, 0.1) is 11.9 Å². The third-order valence-corrected chi connectivity index (χ3v) is 5.22. The van der Waals surface area contributed by atoms with Gasteiger partial charge in [0.2, 0.25) is 0 Å². The van der Waals surface area contributed by atoms with Gasteiger partial charge in [0.25, 0.3) is 5.91 Å². The molecule has 0 saturated carbocycles. The first-order valence-corrected chi connectivity index (χ1v) is 10.4. The summed E-state index contributed by atoms with van der Waals surface area (Å²) in [5, 5.41) is 18.2. The fourth-order valence-corrected chi connectivity index (χ4v) is 3.57. The Balaban J connectivity index is 1.22. The molecule has 0 bridgehead atoms. The normalized spacial score (nSPS) is 13.2. The molecule has 1 saturated heterocycles. The van der Waals surface area contributed by atoms with Crippen molar-refractivity contribution >= 4 is 28.8 Å². The molecule has 0 spiro atoms. The Bertz CT molecular complexity index is 1200. The molecule has 0 radical (unpaired) electrons. The number of hydrogen-bond donors (Lipinski definition) is 2. The molecule has 4 heterocycles. The number of rotatable bonds is 6. The van der Waals surface area contributed by atoms with Gasteiger partial charge < -0.3 is 20.1 Å². The van der Waals surface area contributed by atoms with Crippen molar-refractivity contribution in [2.45, 2.75) is 12.8 Å². The van der Waals surface area contributed by atoms with Gasteiger partial charge in [0.1, 0.15) is 0 Å². The Kier molecular flexibility index (Phi) is 5.44. The van der Waals surface area contributed by atoms with E-state index in [1.165, 1.54) is 12.8 Å². The molecular formula is C23H21N7O2. The van der Waals surface area contributed by atoms with Gasteiger partial charge in [-0.3, -0.25) is 9.78 Å². The molecule has 32 heavy (non-hydrogen) atoms. The highest BCUT2D eigenvalue weighted by Crippen LogP contribution is 2.24. The van der Waals surface area contributed by atoms with E-state index in [1.54, 1.807) is 42.9 Å². The third-order valence-electron chi connectivity index (χ3n) is 5.22. The van der Waals surface area contributed by atoms with Crippen LogP contribution in [0.4, 0.5) is 22.9 Å². The Morgan fingerprint density at radius 2 is 1.81 bits per heavy atom. The lowest BCUT2D eigenvalue weighted by molar-refractivity contribution is 0.101. The molecule has 0 unspecified atom stereocenters. The predicted octanol–water partition coefficient (Wildman–Crippen LogP) is 4.12. The smallest absolute Gasteiger partial charge is 0.277 e. The Labute approximate surface area is 184 Å². The molecule has 4 aromatic rings. The number of hydrogen-bond acceptors (Lipinski definition) is 8. The van der Waals surface area contributed by atoms with Crippen molar-refractivity contribution in [1.82, 2.24) is 20.3 Å².